The van der Waals surface area contributed by atoms with Gasteiger partial charge in [-0.2, -0.15) is 10.2 Å². The van der Waals surface area contributed by atoms with Crippen LogP contribution in [0.5, 0.6) is 0 Å². The van der Waals surface area contributed by atoms with E-state index < -0.39 is 0 Å². The van der Waals surface area contributed by atoms with Crippen LogP contribution >= 0.6 is 0 Å². The number of carbonyl (C=O) groups is 1. The highest BCUT2D eigenvalue weighted by Crippen LogP contribution is 2.40. The Morgan fingerprint density at radius 2 is 1.97 bits per heavy atom. The van der Waals surface area contributed by atoms with Crippen LogP contribution in [0.4, 0.5) is 5.82 Å². The summed E-state index contributed by atoms with van der Waals surface area (Å²) in [7, 11) is 0. The summed E-state index contributed by atoms with van der Waals surface area (Å²) in [6, 6.07) is 13.9. The smallest absolute Gasteiger partial charge is 0.257 e. The highest BCUT2D eigenvalue weighted by molar-refractivity contribution is 6.12. The van der Waals surface area contributed by atoms with Crippen molar-refractivity contribution in [2.24, 2.45) is 0 Å². The van der Waals surface area contributed by atoms with E-state index in [4.69, 9.17) is 10.1 Å². The van der Waals surface area contributed by atoms with E-state index in [0.29, 0.717) is 23.8 Å². The second-order valence-corrected chi connectivity index (χ2v) is 7.81. The zero-order valence-corrected chi connectivity index (χ0v) is 17.2. The third-order valence-electron chi connectivity index (χ3n) is 5.52. The van der Waals surface area contributed by atoms with Crippen molar-refractivity contribution in [3.8, 4) is 0 Å². The maximum absolute atomic E-state index is 13.2. The molecule has 1 aliphatic rings. The number of carbonyl (C=O) groups excluding carboxylic acids is 1. The molecule has 1 N–H and O–H groups in total. The highest BCUT2D eigenvalue weighted by Gasteiger charge is 2.29. The number of pyridine rings is 1. The van der Waals surface area contributed by atoms with E-state index in [9.17, 15) is 4.79 Å². The first-order valence-electron chi connectivity index (χ1n) is 10.4. The molecule has 1 aliphatic carbocycles. The van der Waals surface area contributed by atoms with Gasteiger partial charge in [0.2, 0.25) is 0 Å². The van der Waals surface area contributed by atoms with Gasteiger partial charge in [-0.25, -0.2) is 9.67 Å². The van der Waals surface area contributed by atoms with E-state index in [1.54, 1.807) is 4.68 Å². The number of benzene rings is 1. The van der Waals surface area contributed by atoms with Crippen molar-refractivity contribution < 1.29 is 4.79 Å². The Morgan fingerprint density at radius 1 is 1.17 bits per heavy atom. The normalized spacial score (nSPS) is 13.7. The van der Waals surface area contributed by atoms with Crippen LogP contribution in [0.3, 0.4) is 0 Å². The lowest BCUT2D eigenvalue weighted by Gasteiger charge is -2.09. The lowest BCUT2D eigenvalue weighted by atomic mass is 10.1. The molecule has 1 fully saturated rings. The average molecular weight is 400 g/mol. The van der Waals surface area contributed by atoms with Crippen molar-refractivity contribution in [3.05, 3.63) is 71.2 Å². The van der Waals surface area contributed by atoms with Gasteiger partial charge in [0, 0.05) is 30.4 Å². The molecule has 3 aromatic heterocycles. The van der Waals surface area contributed by atoms with Gasteiger partial charge in [0.05, 0.1) is 23.2 Å². The molecule has 1 amide bonds. The lowest BCUT2D eigenvalue weighted by Crippen LogP contribution is -2.14. The molecular formula is C23H24N6O. The number of hydrogen-bond acceptors (Lipinski definition) is 4. The Balaban J connectivity index is 1.57. The molecule has 1 saturated carbocycles. The molecule has 0 aliphatic heterocycles. The first-order valence-corrected chi connectivity index (χ1v) is 10.4. The summed E-state index contributed by atoms with van der Waals surface area (Å²) in [6.45, 7) is 5.32. The second kappa shape index (κ2) is 7.40. The third kappa shape index (κ3) is 3.47. The molecule has 5 rings (SSSR count). The lowest BCUT2D eigenvalue weighted by molar-refractivity contribution is 0.102. The van der Waals surface area contributed by atoms with Gasteiger partial charge in [0.25, 0.3) is 5.91 Å². The van der Waals surface area contributed by atoms with Crippen molar-refractivity contribution in [2.75, 3.05) is 5.32 Å². The van der Waals surface area contributed by atoms with Crippen molar-refractivity contribution in [1.29, 1.82) is 0 Å². The van der Waals surface area contributed by atoms with Crippen LogP contribution in [0.2, 0.25) is 0 Å². The summed E-state index contributed by atoms with van der Waals surface area (Å²) in [4.78, 5) is 18.1. The molecule has 3 heterocycles. The van der Waals surface area contributed by atoms with Gasteiger partial charge in [-0.3, -0.25) is 9.48 Å². The average Bonchev–Trinajstić information content (AvgIpc) is 3.44. The highest BCUT2D eigenvalue weighted by atomic mass is 16.1. The molecule has 1 aromatic carbocycles. The van der Waals surface area contributed by atoms with Crippen LogP contribution in [0, 0.1) is 6.92 Å². The quantitative estimate of drug-likeness (QED) is 0.528. The van der Waals surface area contributed by atoms with Crippen LogP contribution in [-0.4, -0.2) is 30.5 Å². The van der Waals surface area contributed by atoms with Gasteiger partial charge in [-0.15, -0.1) is 0 Å². The van der Waals surface area contributed by atoms with E-state index in [2.05, 4.69) is 22.5 Å². The van der Waals surface area contributed by atoms with Crippen molar-refractivity contribution >= 4 is 22.8 Å². The molecule has 4 aromatic rings. The van der Waals surface area contributed by atoms with Crippen molar-refractivity contribution in [3.63, 3.8) is 0 Å². The Kier molecular flexibility index (Phi) is 4.58. The van der Waals surface area contributed by atoms with Gasteiger partial charge in [0.1, 0.15) is 0 Å². The zero-order valence-electron chi connectivity index (χ0n) is 17.2. The van der Waals surface area contributed by atoms with Crippen LogP contribution < -0.4 is 5.32 Å². The first kappa shape index (κ1) is 18.5. The van der Waals surface area contributed by atoms with E-state index in [-0.39, 0.29) is 5.91 Å². The Bertz CT molecular complexity index is 1220. The minimum atomic E-state index is -0.173. The number of rotatable bonds is 6. The Hall–Kier alpha value is -3.48. The fraction of sp³-hybridized carbons (Fsp3) is 0.304. The minimum absolute atomic E-state index is 0.173. The maximum Gasteiger partial charge on any atom is 0.257 e. The van der Waals surface area contributed by atoms with Crippen LogP contribution in [-0.2, 0) is 13.1 Å². The maximum atomic E-state index is 13.2. The van der Waals surface area contributed by atoms with E-state index in [1.165, 1.54) is 0 Å². The summed E-state index contributed by atoms with van der Waals surface area (Å²) >= 11 is 0. The predicted molar refractivity (Wildman–Crippen MR) is 116 cm³/mol. The molecule has 0 spiro atoms. The summed E-state index contributed by atoms with van der Waals surface area (Å²) in [6.07, 6.45) is 4.09. The number of aromatic nitrogens is 5. The number of hydrogen-bond donors (Lipinski definition) is 1. The van der Waals surface area contributed by atoms with Crippen LogP contribution in [0.1, 0.15) is 53.0 Å². The number of anilines is 1. The monoisotopic (exact) mass is 400 g/mol. The molecule has 0 unspecified atom stereocenters. The van der Waals surface area contributed by atoms with Gasteiger partial charge >= 0.3 is 0 Å². The first-order chi connectivity index (χ1) is 14.6. The Labute approximate surface area is 174 Å². The topological polar surface area (TPSA) is 77.6 Å². The third-order valence-corrected chi connectivity index (χ3v) is 5.52. The molecule has 7 heteroatoms. The second-order valence-electron chi connectivity index (χ2n) is 7.81. The van der Waals surface area contributed by atoms with Crippen molar-refractivity contribution in [1.82, 2.24) is 24.5 Å². The molecule has 30 heavy (non-hydrogen) atoms. The van der Waals surface area contributed by atoms with Gasteiger partial charge in [0.15, 0.2) is 11.5 Å². The van der Waals surface area contributed by atoms with E-state index >= 15 is 0 Å². The molecule has 0 bridgehead atoms. The Morgan fingerprint density at radius 3 is 2.67 bits per heavy atom. The number of fused-ring (bicyclic) bond motifs is 1. The zero-order chi connectivity index (χ0) is 20.7. The largest absolute Gasteiger partial charge is 0.305 e. The van der Waals surface area contributed by atoms with E-state index in [1.807, 2.05) is 55.1 Å². The SMILES string of the molecule is CCn1ccc(NC(=O)c2cc(C3CC3)nc3c2c(C)nn3Cc2ccccc2)n1. The minimum Gasteiger partial charge on any atom is -0.305 e. The summed E-state index contributed by atoms with van der Waals surface area (Å²) < 4.78 is 3.70. The number of aryl methyl sites for hydroxylation is 2. The molecule has 0 radical (unpaired) electrons. The predicted octanol–water partition coefficient (Wildman–Crippen LogP) is 4.13. The summed E-state index contributed by atoms with van der Waals surface area (Å²) in [5, 5.41) is 12.9. The molecular weight excluding hydrogens is 376 g/mol. The van der Waals surface area contributed by atoms with Gasteiger partial charge < -0.3 is 5.32 Å². The molecule has 0 atom stereocenters. The van der Waals surface area contributed by atoms with Gasteiger partial charge in [-0.1, -0.05) is 30.3 Å². The summed E-state index contributed by atoms with van der Waals surface area (Å²) in [5.41, 5.74) is 4.31. The van der Waals surface area contributed by atoms with Crippen LogP contribution in [0.15, 0.2) is 48.7 Å². The molecule has 152 valence electrons. The molecule has 0 saturated heterocycles. The van der Waals surface area contributed by atoms with Crippen LogP contribution in [0.25, 0.3) is 11.0 Å². The summed E-state index contributed by atoms with van der Waals surface area (Å²) in [5.74, 6) is 0.808. The number of amides is 1. The fourth-order valence-electron chi connectivity index (χ4n) is 3.79. The number of nitrogens with one attached hydrogen (secondary N) is 1. The van der Waals surface area contributed by atoms with E-state index in [0.717, 1.165) is 47.4 Å². The van der Waals surface area contributed by atoms with Gasteiger partial charge in [-0.05, 0) is 38.3 Å². The van der Waals surface area contributed by atoms with Crippen molar-refractivity contribution in [2.45, 2.75) is 45.7 Å². The number of nitrogens with zero attached hydrogens (tertiary/aromatic N) is 5. The fourth-order valence-corrected chi connectivity index (χ4v) is 3.79. The molecule has 7 nitrogen and oxygen atoms in total. The standard InChI is InChI=1S/C23H24N6O/c1-3-28-12-11-20(27-28)25-23(30)18-13-19(17-9-10-17)24-22-21(18)15(2)26-29(22)14-16-7-5-4-6-8-16/h4-8,11-13,17H,3,9-10,14H2,1-2H3,(H,25,27,30).